The van der Waals surface area contributed by atoms with Crippen molar-refractivity contribution in [3.63, 3.8) is 0 Å². The Balaban J connectivity index is 1.82. The van der Waals surface area contributed by atoms with Gasteiger partial charge in [0.05, 0.1) is 6.10 Å². The molecule has 0 radical (unpaired) electrons. The predicted octanol–water partition coefficient (Wildman–Crippen LogP) is -0.00710. The van der Waals surface area contributed by atoms with Gasteiger partial charge in [0, 0.05) is 18.1 Å². The number of hydrogen-bond donors (Lipinski definition) is 1. The van der Waals surface area contributed by atoms with Crippen LogP contribution in [0.15, 0.2) is 6.33 Å². The highest BCUT2D eigenvalue weighted by molar-refractivity contribution is 5.76. The van der Waals surface area contributed by atoms with E-state index in [1.54, 1.807) is 0 Å². The number of ether oxygens (including phenoxy) is 1. The number of hydrogen-bond acceptors (Lipinski definition) is 5. The first-order chi connectivity index (χ1) is 8.54. The second-order valence-corrected chi connectivity index (χ2v) is 5.13. The van der Waals surface area contributed by atoms with E-state index in [0.29, 0.717) is 6.61 Å². The molecule has 0 bridgehead atoms. The lowest BCUT2D eigenvalue weighted by Crippen LogP contribution is -2.62. The Morgan fingerprint density at radius 1 is 1.61 bits per heavy atom. The minimum atomic E-state index is -0.0738. The van der Waals surface area contributed by atoms with Crippen LogP contribution in [-0.2, 0) is 16.1 Å². The Kier molecular flexibility index (Phi) is 3.60. The smallest absolute Gasteiger partial charge is 0.242 e. The van der Waals surface area contributed by atoms with Crippen molar-refractivity contribution >= 4 is 5.91 Å². The number of tetrazole rings is 1. The lowest BCUT2D eigenvalue weighted by Gasteiger charge is -2.51. The van der Waals surface area contributed by atoms with Crippen molar-refractivity contribution in [3.05, 3.63) is 6.33 Å². The molecule has 1 N–H and O–H groups in total. The maximum absolute atomic E-state index is 11.8. The fraction of sp³-hybridized carbons (Fsp3) is 0.818. The first-order valence-electron chi connectivity index (χ1n) is 6.15. The van der Waals surface area contributed by atoms with E-state index in [9.17, 15) is 4.79 Å². The van der Waals surface area contributed by atoms with E-state index in [-0.39, 0.29) is 30.0 Å². The van der Waals surface area contributed by atoms with Gasteiger partial charge in [-0.15, -0.1) is 5.10 Å². The number of nitrogens with one attached hydrogen (secondary N) is 1. The molecule has 0 spiro atoms. The van der Waals surface area contributed by atoms with Crippen LogP contribution in [-0.4, -0.2) is 44.9 Å². The second kappa shape index (κ2) is 5.01. The Labute approximate surface area is 106 Å². The van der Waals surface area contributed by atoms with Gasteiger partial charge in [0.1, 0.15) is 12.9 Å². The Hall–Kier alpha value is -1.50. The topological polar surface area (TPSA) is 81.9 Å². The molecular formula is C11H19N5O2. The first-order valence-corrected chi connectivity index (χ1v) is 6.15. The van der Waals surface area contributed by atoms with Crippen LogP contribution in [0.5, 0.6) is 0 Å². The summed E-state index contributed by atoms with van der Waals surface area (Å²) in [6.07, 6.45) is 2.51. The molecule has 0 aromatic carbocycles. The Morgan fingerprint density at radius 3 is 2.94 bits per heavy atom. The molecule has 1 aliphatic carbocycles. The van der Waals surface area contributed by atoms with Crippen molar-refractivity contribution in [2.75, 3.05) is 6.61 Å². The zero-order valence-electron chi connectivity index (χ0n) is 11.0. The van der Waals surface area contributed by atoms with Gasteiger partial charge in [-0.25, -0.2) is 4.68 Å². The highest BCUT2D eigenvalue weighted by atomic mass is 16.5. The molecule has 1 saturated carbocycles. The van der Waals surface area contributed by atoms with E-state index in [1.165, 1.54) is 11.0 Å². The summed E-state index contributed by atoms with van der Waals surface area (Å²) in [5.74, 6) is -0.0738. The van der Waals surface area contributed by atoms with Gasteiger partial charge < -0.3 is 10.1 Å². The summed E-state index contributed by atoms with van der Waals surface area (Å²) in [7, 11) is 0. The minimum Gasteiger partial charge on any atom is -0.378 e. The van der Waals surface area contributed by atoms with E-state index in [0.717, 1.165) is 6.42 Å². The number of amides is 1. The summed E-state index contributed by atoms with van der Waals surface area (Å²) in [4.78, 5) is 11.8. The molecule has 0 unspecified atom stereocenters. The Morgan fingerprint density at radius 2 is 2.39 bits per heavy atom. The van der Waals surface area contributed by atoms with E-state index in [2.05, 4.69) is 34.7 Å². The highest BCUT2D eigenvalue weighted by Gasteiger charge is 2.49. The second-order valence-electron chi connectivity index (χ2n) is 5.13. The van der Waals surface area contributed by atoms with Gasteiger partial charge in [0.15, 0.2) is 0 Å². The maximum atomic E-state index is 11.8. The normalized spacial score (nSPS) is 25.5. The summed E-state index contributed by atoms with van der Waals surface area (Å²) in [6.45, 7) is 7.07. The monoisotopic (exact) mass is 253 g/mol. The molecule has 1 aromatic heterocycles. The molecule has 1 aromatic rings. The van der Waals surface area contributed by atoms with E-state index in [4.69, 9.17) is 4.74 Å². The van der Waals surface area contributed by atoms with Crippen molar-refractivity contribution in [2.24, 2.45) is 5.41 Å². The largest absolute Gasteiger partial charge is 0.378 e. The molecule has 2 atom stereocenters. The molecule has 0 aliphatic heterocycles. The SMILES string of the molecule is CCO[C@H]1C[C@H](NC(=O)Cn2cnnn2)C1(C)C. The zero-order valence-corrected chi connectivity index (χ0v) is 11.0. The van der Waals surface area contributed by atoms with Crippen LogP contribution in [0.2, 0.25) is 0 Å². The van der Waals surface area contributed by atoms with Gasteiger partial charge in [-0.3, -0.25) is 4.79 Å². The lowest BCUT2D eigenvalue weighted by atomic mass is 9.64. The van der Waals surface area contributed by atoms with Crippen LogP contribution in [0, 0.1) is 5.41 Å². The van der Waals surface area contributed by atoms with E-state index in [1.807, 2.05) is 6.92 Å². The fourth-order valence-corrected chi connectivity index (χ4v) is 2.25. The van der Waals surface area contributed by atoms with Crippen LogP contribution < -0.4 is 5.32 Å². The third-order valence-corrected chi connectivity index (χ3v) is 3.58. The van der Waals surface area contributed by atoms with Gasteiger partial charge in [-0.2, -0.15) is 0 Å². The molecule has 1 amide bonds. The van der Waals surface area contributed by atoms with Crippen molar-refractivity contribution in [3.8, 4) is 0 Å². The molecule has 7 nitrogen and oxygen atoms in total. The summed E-state index contributed by atoms with van der Waals surface area (Å²) in [6, 6.07) is 0.151. The van der Waals surface area contributed by atoms with Gasteiger partial charge in [-0.05, 0) is 23.8 Å². The van der Waals surface area contributed by atoms with Gasteiger partial charge in [-0.1, -0.05) is 13.8 Å². The van der Waals surface area contributed by atoms with Crippen molar-refractivity contribution in [2.45, 2.75) is 45.9 Å². The molecule has 1 fully saturated rings. The van der Waals surface area contributed by atoms with Crippen LogP contribution in [0.25, 0.3) is 0 Å². The maximum Gasteiger partial charge on any atom is 0.242 e. The average Bonchev–Trinajstić information content (AvgIpc) is 2.80. The van der Waals surface area contributed by atoms with Crippen LogP contribution in [0.3, 0.4) is 0 Å². The standard InChI is InChI=1S/C11H19N5O2/c1-4-18-9-5-8(11(9,2)3)13-10(17)6-16-7-12-14-15-16/h7-9H,4-6H2,1-3H3,(H,13,17)/t8-,9-/m0/s1. The van der Waals surface area contributed by atoms with E-state index >= 15 is 0 Å². The molecule has 18 heavy (non-hydrogen) atoms. The third-order valence-electron chi connectivity index (χ3n) is 3.58. The predicted molar refractivity (Wildman–Crippen MR) is 63.6 cm³/mol. The summed E-state index contributed by atoms with van der Waals surface area (Å²) >= 11 is 0. The van der Waals surface area contributed by atoms with Gasteiger partial charge >= 0.3 is 0 Å². The lowest BCUT2D eigenvalue weighted by molar-refractivity contribution is -0.137. The summed E-state index contributed by atoms with van der Waals surface area (Å²) < 4.78 is 7.03. The number of aromatic nitrogens is 4. The fourth-order valence-electron chi connectivity index (χ4n) is 2.25. The molecule has 2 rings (SSSR count). The molecule has 0 saturated heterocycles. The molecule has 1 aliphatic rings. The molecule has 1 heterocycles. The Bertz CT molecular complexity index is 404. The molecule has 7 heteroatoms. The van der Waals surface area contributed by atoms with Crippen LogP contribution in [0.1, 0.15) is 27.2 Å². The zero-order chi connectivity index (χ0) is 13.2. The molecular weight excluding hydrogens is 234 g/mol. The minimum absolute atomic E-state index is 0.0215. The number of rotatable bonds is 5. The number of nitrogens with zero attached hydrogens (tertiary/aromatic N) is 4. The van der Waals surface area contributed by atoms with Gasteiger partial charge in [0.25, 0.3) is 0 Å². The van der Waals surface area contributed by atoms with Crippen molar-refractivity contribution < 1.29 is 9.53 Å². The van der Waals surface area contributed by atoms with Crippen molar-refractivity contribution in [1.82, 2.24) is 25.5 Å². The summed E-state index contributed by atoms with van der Waals surface area (Å²) in [5, 5.41) is 13.6. The van der Waals surface area contributed by atoms with Crippen molar-refractivity contribution in [1.29, 1.82) is 0 Å². The number of carbonyl (C=O) groups excluding carboxylic acids is 1. The quantitative estimate of drug-likeness (QED) is 0.798. The van der Waals surface area contributed by atoms with Crippen LogP contribution in [0.4, 0.5) is 0 Å². The molecule has 100 valence electrons. The van der Waals surface area contributed by atoms with E-state index < -0.39 is 0 Å². The third kappa shape index (κ3) is 2.50. The van der Waals surface area contributed by atoms with Gasteiger partial charge in [0.2, 0.25) is 5.91 Å². The summed E-state index contributed by atoms with van der Waals surface area (Å²) in [5.41, 5.74) is -0.0215. The average molecular weight is 253 g/mol. The highest BCUT2D eigenvalue weighted by Crippen LogP contribution is 2.42. The first kappa shape index (κ1) is 12.9. The number of carbonyl (C=O) groups is 1. The van der Waals surface area contributed by atoms with Crippen LogP contribution >= 0.6 is 0 Å².